The van der Waals surface area contributed by atoms with E-state index in [0.29, 0.717) is 11.5 Å². The van der Waals surface area contributed by atoms with Crippen LogP contribution in [0.2, 0.25) is 0 Å². The summed E-state index contributed by atoms with van der Waals surface area (Å²) in [7, 11) is 0. The molecule has 4 bridgehead atoms. The number of aliphatic imine (C=N–C) groups is 1. The van der Waals surface area contributed by atoms with Crippen LogP contribution in [0.3, 0.4) is 0 Å². The molecule has 0 saturated heterocycles. The van der Waals surface area contributed by atoms with Gasteiger partial charge < -0.3 is 4.74 Å². The van der Waals surface area contributed by atoms with E-state index in [1.807, 2.05) is 0 Å². The first kappa shape index (κ1) is 17.5. The molecule has 152 valence electrons. The average Bonchev–Trinajstić information content (AvgIpc) is 3.36. The van der Waals surface area contributed by atoms with E-state index in [-0.39, 0.29) is 0 Å². The van der Waals surface area contributed by atoms with Crippen molar-refractivity contribution in [3.05, 3.63) is 18.7 Å². The van der Waals surface area contributed by atoms with Gasteiger partial charge in [-0.25, -0.2) is 14.1 Å². The number of aryl methyl sites for hydroxylation is 1. The monoisotopic (exact) mass is 382 g/mol. The lowest BCUT2D eigenvalue weighted by atomic mass is 9.49. The van der Waals surface area contributed by atoms with Gasteiger partial charge in [-0.2, -0.15) is 0 Å². The van der Waals surface area contributed by atoms with Crippen LogP contribution < -0.4 is 4.57 Å². The second-order valence-corrected chi connectivity index (χ2v) is 10.8. The predicted molar refractivity (Wildman–Crippen MR) is 109 cm³/mol. The Hall–Kier alpha value is -1.32. The Balaban J connectivity index is 1.09. The highest BCUT2D eigenvalue weighted by atomic mass is 16.5. The minimum atomic E-state index is 0.334. The van der Waals surface area contributed by atoms with Gasteiger partial charge in [0, 0.05) is 11.8 Å². The summed E-state index contributed by atoms with van der Waals surface area (Å²) in [5.41, 5.74) is 0.334. The van der Waals surface area contributed by atoms with E-state index in [1.54, 1.807) is 0 Å². The van der Waals surface area contributed by atoms with Gasteiger partial charge in [0.25, 0.3) is 0 Å². The zero-order valence-corrected chi connectivity index (χ0v) is 17.3. The van der Waals surface area contributed by atoms with Crippen molar-refractivity contribution in [3.8, 4) is 0 Å². The van der Waals surface area contributed by atoms with E-state index in [4.69, 9.17) is 9.73 Å². The lowest BCUT2D eigenvalue weighted by Gasteiger charge is -2.56. The van der Waals surface area contributed by atoms with Crippen molar-refractivity contribution in [1.82, 2.24) is 4.57 Å². The summed E-state index contributed by atoms with van der Waals surface area (Å²) in [6.45, 7) is 1.88. The van der Waals surface area contributed by atoms with E-state index < -0.39 is 0 Å². The molecule has 5 saturated carbocycles. The second-order valence-electron chi connectivity index (χ2n) is 10.8. The van der Waals surface area contributed by atoms with Gasteiger partial charge in [-0.3, -0.25) is 0 Å². The molecule has 1 aliphatic heterocycles. The van der Waals surface area contributed by atoms with Crippen molar-refractivity contribution >= 4 is 5.90 Å². The Morgan fingerprint density at radius 1 is 1.04 bits per heavy atom. The number of hydrogen-bond donors (Lipinski definition) is 0. The maximum Gasteiger partial charge on any atom is 0.243 e. The Morgan fingerprint density at radius 3 is 2.46 bits per heavy atom. The lowest BCUT2D eigenvalue weighted by Crippen LogP contribution is -2.50. The topological polar surface area (TPSA) is 30.4 Å². The highest BCUT2D eigenvalue weighted by Gasteiger charge is 2.55. The third kappa shape index (κ3) is 3.11. The third-order valence-electron chi connectivity index (χ3n) is 8.63. The molecular formula is C24H36N3O+. The third-order valence-corrected chi connectivity index (χ3v) is 8.63. The van der Waals surface area contributed by atoms with E-state index in [2.05, 4.69) is 27.9 Å². The number of imidazole rings is 1. The molecule has 4 heteroatoms. The van der Waals surface area contributed by atoms with Crippen LogP contribution in [-0.4, -0.2) is 23.1 Å². The maximum absolute atomic E-state index is 6.27. The van der Waals surface area contributed by atoms with E-state index in [0.717, 1.165) is 43.4 Å². The van der Waals surface area contributed by atoms with Crippen molar-refractivity contribution < 1.29 is 9.30 Å². The highest BCUT2D eigenvalue weighted by Crippen LogP contribution is 2.61. The summed E-state index contributed by atoms with van der Waals surface area (Å²) in [5.74, 6) is 4.06. The Labute approximate surface area is 169 Å². The van der Waals surface area contributed by atoms with Crippen molar-refractivity contribution in [1.29, 1.82) is 0 Å². The van der Waals surface area contributed by atoms with Gasteiger partial charge in [-0.15, -0.1) is 0 Å². The second kappa shape index (κ2) is 6.88. The van der Waals surface area contributed by atoms with Crippen LogP contribution in [0.5, 0.6) is 0 Å². The summed E-state index contributed by atoms with van der Waals surface area (Å²) in [6.07, 6.45) is 23.5. The molecule has 0 N–H and O–H groups in total. The molecule has 2 heterocycles. The molecule has 1 atom stereocenters. The zero-order valence-electron chi connectivity index (χ0n) is 17.3. The van der Waals surface area contributed by atoms with Crippen LogP contribution in [0.15, 0.2) is 23.7 Å². The molecule has 6 aliphatic rings. The summed E-state index contributed by atoms with van der Waals surface area (Å²) in [5, 5.41) is 0. The fraction of sp³-hybridized carbons (Fsp3) is 0.833. The van der Waals surface area contributed by atoms with Gasteiger partial charge in [0.1, 0.15) is 25.0 Å². The predicted octanol–water partition coefficient (Wildman–Crippen LogP) is 4.68. The van der Waals surface area contributed by atoms with E-state index in [9.17, 15) is 0 Å². The lowest BCUT2D eigenvalue weighted by molar-refractivity contribution is -0.697. The van der Waals surface area contributed by atoms with Gasteiger partial charge >= 0.3 is 0 Å². The smallest absolute Gasteiger partial charge is 0.243 e. The molecule has 0 spiro atoms. The normalized spacial score (nSPS) is 39.9. The number of aromatic nitrogens is 2. The van der Waals surface area contributed by atoms with Crippen LogP contribution in [0.25, 0.3) is 0 Å². The molecule has 0 radical (unpaired) electrons. The largest absolute Gasteiger partial charge is 0.478 e. The van der Waals surface area contributed by atoms with Gasteiger partial charge in [0.05, 0.1) is 12.6 Å². The standard InChI is InChI=1S/C24H36N3O/c1-2-4-22(5-3-1)27-9-8-26(17-27)7-6-21-16-28-23(25-21)24-13-18-10-19(14-24)12-20(11-18)15-24/h8-9,17-22H,1-7,10-16H2/q+1/t18?,19?,20?,21-,24?/m1/s1. The Bertz CT molecular complexity index is 710. The first-order valence-electron chi connectivity index (χ1n) is 12.0. The highest BCUT2D eigenvalue weighted by molar-refractivity contribution is 5.84. The molecule has 28 heavy (non-hydrogen) atoms. The Morgan fingerprint density at radius 2 is 1.75 bits per heavy atom. The van der Waals surface area contributed by atoms with Crippen molar-refractivity contribution in [2.24, 2.45) is 28.2 Å². The molecule has 1 aromatic heterocycles. The first-order chi connectivity index (χ1) is 13.8. The minimum absolute atomic E-state index is 0.334. The van der Waals surface area contributed by atoms with Crippen molar-refractivity contribution in [2.45, 2.75) is 95.7 Å². The maximum atomic E-state index is 6.27. The van der Waals surface area contributed by atoms with Crippen LogP contribution in [-0.2, 0) is 11.3 Å². The molecule has 0 amide bonds. The summed E-state index contributed by atoms with van der Waals surface area (Å²) in [6, 6.07) is 1.10. The summed E-state index contributed by atoms with van der Waals surface area (Å²) in [4.78, 5) is 5.16. The molecule has 0 aromatic carbocycles. The number of ether oxygens (including phenoxy) is 1. The van der Waals surface area contributed by atoms with Crippen LogP contribution >= 0.6 is 0 Å². The van der Waals surface area contributed by atoms with Crippen LogP contribution in [0.4, 0.5) is 0 Å². The van der Waals surface area contributed by atoms with E-state index >= 15 is 0 Å². The fourth-order valence-corrected chi connectivity index (χ4v) is 7.66. The van der Waals surface area contributed by atoms with Crippen molar-refractivity contribution in [2.75, 3.05) is 6.61 Å². The van der Waals surface area contributed by atoms with Gasteiger partial charge in [0.2, 0.25) is 6.33 Å². The summed E-state index contributed by atoms with van der Waals surface area (Å²) >= 11 is 0. The number of rotatable bonds is 5. The average molecular weight is 383 g/mol. The molecule has 0 unspecified atom stereocenters. The first-order valence-corrected chi connectivity index (χ1v) is 12.0. The molecule has 4 nitrogen and oxygen atoms in total. The molecule has 7 rings (SSSR count). The number of hydrogen-bond acceptors (Lipinski definition) is 2. The number of nitrogens with zero attached hydrogens (tertiary/aromatic N) is 3. The molecule has 5 fully saturated rings. The zero-order chi connectivity index (χ0) is 18.6. The van der Waals surface area contributed by atoms with Crippen LogP contribution in [0.1, 0.15) is 83.1 Å². The fourth-order valence-electron chi connectivity index (χ4n) is 7.66. The molecular weight excluding hydrogens is 346 g/mol. The van der Waals surface area contributed by atoms with Gasteiger partial charge in [0.15, 0.2) is 5.90 Å². The molecule has 1 aromatic rings. The SMILES string of the molecule is c1c[n+](CC[C@@H]2COC(C34CC5CC(CC(C5)C3)C4)=N2)cn1C1CCCCC1. The van der Waals surface area contributed by atoms with Crippen molar-refractivity contribution in [3.63, 3.8) is 0 Å². The van der Waals surface area contributed by atoms with E-state index in [1.165, 1.54) is 76.5 Å². The summed E-state index contributed by atoms with van der Waals surface area (Å²) < 4.78 is 11.1. The van der Waals surface area contributed by atoms with Gasteiger partial charge in [-0.05, 0) is 82.0 Å². The van der Waals surface area contributed by atoms with Crippen LogP contribution in [0, 0.1) is 23.2 Å². The minimum Gasteiger partial charge on any atom is -0.478 e. The molecule has 5 aliphatic carbocycles. The van der Waals surface area contributed by atoms with Gasteiger partial charge in [-0.1, -0.05) is 6.42 Å². The Kier molecular flexibility index (Phi) is 4.31. The quantitative estimate of drug-likeness (QED) is 0.680.